The average molecular weight is 294 g/mol. The highest BCUT2D eigenvalue weighted by Gasteiger charge is 2.16. The molecule has 1 amide bonds. The summed E-state index contributed by atoms with van der Waals surface area (Å²) in [5.41, 5.74) is 5.83. The van der Waals surface area contributed by atoms with E-state index in [1.807, 2.05) is 0 Å². The number of carbonyl (C=O) groups excluding carboxylic acids is 1. The van der Waals surface area contributed by atoms with E-state index in [9.17, 15) is 4.79 Å². The minimum absolute atomic E-state index is 0.105. The van der Waals surface area contributed by atoms with Gasteiger partial charge in [-0.1, -0.05) is 25.9 Å². The molecule has 108 valence electrons. The van der Waals surface area contributed by atoms with E-state index in [1.165, 1.54) is 11.3 Å². The number of nitrogens with two attached hydrogens (primary N) is 1. The molecule has 2 aromatic rings. The SMILES string of the molecule is CC(C)(C)Cc1nnc(NCc2cc(C(N)=O)cs2)o1. The van der Waals surface area contributed by atoms with Crippen LogP contribution in [0.15, 0.2) is 15.9 Å². The van der Waals surface area contributed by atoms with Crippen LogP contribution >= 0.6 is 11.3 Å². The van der Waals surface area contributed by atoms with Crippen LogP contribution in [0.1, 0.15) is 41.9 Å². The Morgan fingerprint density at radius 1 is 1.45 bits per heavy atom. The lowest BCUT2D eigenvalue weighted by Crippen LogP contribution is -2.09. The lowest BCUT2D eigenvalue weighted by atomic mass is 9.92. The zero-order chi connectivity index (χ0) is 14.8. The molecule has 0 aliphatic rings. The van der Waals surface area contributed by atoms with Gasteiger partial charge in [0.25, 0.3) is 0 Å². The maximum Gasteiger partial charge on any atom is 0.315 e. The van der Waals surface area contributed by atoms with Crippen LogP contribution in [-0.4, -0.2) is 16.1 Å². The van der Waals surface area contributed by atoms with Gasteiger partial charge in [0.15, 0.2) is 0 Å². The van der Waals surface area contributed by atoms with Crippen LogP contribution in [0, 0.1) is 5.41 Å². The molecule has 20 heavy (non-hydrogen) atoms. The van der Waals surface area contributed by atoms with Crippen LogP contribution in [0.3, 0.4) is 0 Å². The Bertz CT molecular complexity index is 598. The summed E-state index contributed by atoms with van der Waals surface area (Å²) in [6.45, 7) is 6.86. The van der Waals surface area contributed by atoms with Crippen molar-refractivity contribution in [3.8, 4) is 0 Å². The molecule has 0 atom stereocenters. The number of nitrogens with zero attached hydrogens (tertiary/aromatic N) is 2. The summed E-state index contributed by atoms with van der Waals surface area (Å²) in [7, 11) is 0. The van der Waals surface area contributed by atoms with Gasteiger partial charge in [0.1, 0.15) is 0 Å². The number of amides is 1. The van der Waals surface area contributed by atoms with E-state index in [-0.39, 0.29) is 5.41 Å². The standard InChI is InChI=1S/C13H18N4O2S/c1-13(2,3)5-10-16-17-12(19-10)15-6-9-4-8(7-20-9)11(14)18/h4,7H,5-6H2,1-3H3,(H2,14,18)(H,15,17). The molecule has 2 rings (SSSR count). The molecule has 0 aliphatic heterocycles. The second-order valence-corrected chi connectivity index (χ2v) is 6.75. The van der Waals surface area contributed by atoms with Crippen LogP contribution in [-0.2, 0) is 13.0 Å². The highest BCUT2D eigenvalue weighted by Crippen LogP contribution is 2.21. The fraction of sp³-hybridized carbons (Fsp3) is 0.462. The lowest BCUT2D eigenvalue weighted by Gasteiger charge is -2.14. The Labute approximate surface area is 121 Å². The minimum Gasteiger partial charge on any atom is -0.408 e. The van der Waals surface area contributed by atoms with Crippen molar-refractivity contribution in [1.82, 2.24) is 10.2 Å². The first kappa shape index (κ1) is 14.5. The fourth-order valence-electron chi connectivity index (χ4n) is 1.62. The summed E-state index contributed by atoms with van der Waals surface area (Å²) in [5, 5.41) is 12.7. The predicted octanol–water partition coefficient (Wildman–Crippen LogP) is 2.43. The maximum absolute atomic E-state index is 11.0. The Morgan fingerprint density at radius 3 is 2.80 bits per heavy atom. The lowest BCUT2D eigenvalue weighted by molar-refractivity contribution is 0.100. The number of primary amides is 1. The molecular formula is C13H18N4O2S. The monoisotopic (exact) mass is 294 g/mol. The van der Waals surface area contributed by atoms with Gasteiger partial charge in [-0.05, 0) is 11.5 Å². The fourth-order valence-corrected chi connectivity index (χ4v) is 2.43. The van der Waals surface area contributed by atoms with Crippen LogP contribution < -0.4 is 11.1 Å². The molecule has 0 saturated heterocycles. The molecule has 3 N–H and O–H groups in total. The van der Waals surface area contributed by atoms with Crippen LogP contribution in [0.5, 0.6) is 0 Å². The van der Waals surface area contributed by atoms with Gasteiger partial charge >= 0.3 is 6.01 Å². The van der Waals surface area contributed by atoms with E-state index in [2.05, 4.69) is 36.3 Å². The van der Waals surface area contributed by atoms with Gasteiger partial charge < -0.3 is 15.5 Å². The Kier molecular flexibility index (Phi) is 4.08. The summed E-state index contributed by atoms with van der Waals surface area (Å²) in [5.74, 6) is 0.196. The minimum atomic E-state index is -0.419. The Morgan fingerprint density at radius 2 is 2.20 bits per heavy atom. The van der Waals surface area contributed by atoms with Gasteiger partial charge in [-0.25, -0.2) is 0 Å². The molecule has 0 aromatic carbocycles. The molecule has 0 aliphatic carbocycles. The molecule has 0 fully saturated rings. The molecule has 2 heterocycles. The number of thiophene rings is 1. The first-order valence-electron chi connectivity index (χ1n) is 6.27. The largest absolute Gasteiger partial charge is 0.408 e. The highest BCUT2D eigenvalue weighted by molar-refractivity contribution is 7.10. The number of hydrogen-bond donors (Lipinski definition) is 2. The van der Waals surface area contributed by atoms with Crippen molar-refractivity contribution in [2.24, 2.45) is 11.1 Å². The Hall–Kier alpha value is -1.89. The van der Waals surface area contributed by atoms with Gasteiger partial charge in [-0.3, -0.25) is 4.79 Å². The number of rotatable bonds is 5. The van der Waals surface area contributed by atoms with Gasteiger partial charge in [0, 0.05) is 16.7 Å². The molecule has 7 heteroatoms. The van der Waals surface area contributed by atoms with E-state index < -0.39 is 5.91 Å². The average Bonchev–Trinajstić information content (AvgIpc) is 2.92. The number of hydrogen-bond acceptors (Lipinski definition) is 6. The van der Waals surface area contributed by atoms with Crippen molar-refractivity contribution in [2.75, 3.05) is 5.32 Å². The van der Waals surface area contributed by atoms with Crippen molar-refractivity contribution >= 4 is 23.3 Å². The summed E-state index contributed by atoms with van der Waals surface area (Å²) >= 11 is 1.46. The first-order chi connectivity index (χ1) is 9.33. The topological polar surface area (TPSA) is 94.0 Å². The maximum atomic E-state index is 11.0. The number of nitrogens with one attached hydrogen (secondary N) is 1. The third kappa shape index (κ3) is 4.06. The summed E-state index contributed by atoms with van der Waals surface area (Å²) in [6, 6.07) is 2.14. The number of carbonyl (C=O) groups is 1. The molecular weight excluding hydrogens is 276 g/mol. The van der Waals surface area contributed by atoms with Crippen molar-refractivity contribution in [2.45, 2.75) is 33.7 Å². The van der Waals surface area contributed by atoms with Gasteiger partial charge in [0.2, 0.25) is 11.8 Å². The van der Waals surface area contributed by atoms with E-state index in [4.69, 9.17) is 10.2 Å². The third-order valence-corrected chi connectivity index (χ3v) is 3.44. The predicted molar refractivity (Wildman–Crippen MR) is 77.6 cm³/mol. The van der Waals surface area contributed by atoms with Crippen molar-refractivity contribution in [1.29, 1.82) is 0 Å². The number of anilines is 1. The first-order valence-corrected chi connectivity index (χ1v) is 7.15. The van der Waals surface area contributed by atoms with Crippen molar-refractivity contribution in [3.63, 3.8) is 0 Å². The molecule has 0 spiro atoms. The van der Waals surface area contributed by atoms with E-state index in [0.29, 0.717) is 24.0 Å². The quantitative estimate of drug-likeness (QED) is 0.883. The molecule has 0 radical (unpaired) electrons. The van der Waals surface area contributed by atoms with E-state index >= 15 is 0 Å². The second kappa shape index (κ2) is 5.62. The molecule has 0 saturated carbocycles. The van der Waals surface area contributed by atoms with Crippen molar-refractivity contribution in [3.05, 3.63) is 27.8 Å². The van der Waals surface area contributed by atoms with Gasteiger partial charge in [-0.2, -0.15) is 0 Å². The molecule has 0 unspecified atom stereocenters. The zero-order valence-electron chi connectivity index (χ0n) is 11.8. The smallest absolute Gasteiger partial charge is 0.315 e. The summed E-state index contributed by atoms with van der Waals surface area (Å²) in [6.07, 6.45) is 0.729. The molecule has 6 nitrogen and oxygen atoms in total. The van der Waals surface area contributed by atoms with Gasteiger partial charge in [0.05, 0.1) is 12.1 Å². The summed E-state index contributed by atoms with van der Waals surface area (Å²) < 4.78 is 5.52. The third-order valence-electron chi connectivity index (χ3n) is 2.50. The normalized spacial score (nSPS) is 11.6. The van der Waals surface area contributed by atoms with Crippen molar-refractivity contribution < 1.29 is 9.21 Å². The van der Waals surface area contributed by atoms with E-state index in [1.54, 1.807) is 11.4 Å². The van der Waals surface area contributed by atoms with E-state index in [0.717, 1.165) is 11.3 Å². The summed E-state index contributed by atoms with van der Waals surface area (Å²) in [4.78, 5) is 12.0. The van der Waals surface area contributed by atoms with Crippen LogP contribution in [0.25, 0.3) is 0 Å². The second-order valence-electron chi connectivity index (χ2n) is 5.76. The number of aromatic nitrogens is 2. The molecule has 0 bridgehead atoms. The highest BCUT2D eigenvalue weighted by atomic mass is 32.1. The van der Waals surface area contributed by atoms with Crippen LogP contribution in [0.4, 0.5) is 6.01 Å². The Balaban J connectivity index is 1.92. The van der Waals surface area contributed by atoms with Gasteiger partial charge in [-0.15, -0.1) is 16.4 Å². The van der Waals surface area contributed by atoms with Crippen LogP contribution in [0.2, 0.25) is 0 Å². The molecule has 2 aromatic heterocycles. The zero-order valence-corrected chi connectivity index (χ0v) is 12.6.